The number of nitrogens with one attached hydrogen (secondary N) is 2. The number of hydrogen-bond donors (Lipinski definition) is 2. The molecule has 0 aliphatic rings. The first-order valence-electron chi connectivity index (χ1n) is 12.1. The molecule has 4 aromatic heterocycles. The van der Waals surface area contributed by atoms with Gasteiger partial charge in [0.05, 0.1) is 20.7 Å². The Hall–Kier alpha value is -3.52. The van der Waals surface area contributed by atoms with Crippen LogP contribution in [0, 0.1) is 0 Å². The van der Waals surface area contributed by atoms with E-state index in [0.717, 1.165) is 66.9 Å². The predicted octanol–water partition coefficient (Wildman–Crippen LogP) is 5.52. The van der Waals surface area contributed by atoms with Gasteiger partial charge in [-0.1, -0.05) is 36.4 Å². The van der Waals surface area contributed by atoms with Crippen LogP contribution in [0.25, 0.3) is 51.2 Å². The monoisotopic (exact) mass is 528 g/mol. The van der Waals surface area contributed by atoms with Gasteiger partial charge in [-0.2, -0.15) is 5.10 Å². The van der Waals surface area contributed by atoms with E-state index in [-0.39, 0.29) is 0 Å². The van der Waals surface area contributed by atoms with E-state index in [1.165, 1.54) is 5.56 Å². The Labute approximate surface area is 225 Å². The van der Waals surface area contributed by atoms with Crippen molar-refractivity contribution in [3.63, 3.8) is 0 Å². The average molecular weight is 529 g/mol. The number of hydrogen-bond acceptors (Lipinski definition) is 5. The number of fused-ring (bicyclic) bond motifs is 1. The van der Waals surface area contributed by atoms with Crippen molar-refractivity contribution >= 4 is 52.2 Å². The minimum Gasteiger partial charge on any atom is -0.337 e. The van der Waals surface area contributed by atoms with Crippen LogP contribution in [0.3, 0.4) is 0 Å². The Morgan fingerprint density at radius 2 is 2.05 bits per heavy atom. The molecule has 0 amide bonds. The molecular formula is C29H29ClN6S. The van der Waals surface area contributed by atoms with E-state index in [1.54, 1.807) is 11.3 Å². The Bertz CT molecular complexity index is 1690. The molecule has 2 N–H and O–H groups in total. The quantitative estimate of drug-likeness (QED) is 0.278. The third kappa shape index (κ3) is 5.59. The molecule has 5 rings (SSSR count). The van der Waals surface area contributed by atoms with Crippen LogP contribution < -0.4 is 10.6 Å². The number of para-hydroxylation sites is 1. The maximum atomic E-state index is 6.17. The Kier molecular flexibility index (Phi) is 7.37. The second-order valence-electron chi connectivity index (χ2n) is 9.36. The second-order valence-corrected chi connectivity index (χ2v) is 11.1. The molecular weight excluding hydrogens is 500 g/mol. The van der Waals surface area contributed by atoms with Crippen LogP contribution in [0.2, 0.25) is 4.34 Å². The molecule has 0 aliphatic carbocycles. The number of aryl methyl sites for hydroxylation is 1. The first kappa shape index (κ1) is 25.1. The highest BCUT2D eigenvalue weighted by Crippen LogP contribution is 2.35. The van der Waals surface area contributed by atoms with Crippen molar-refractivity contribution in [3.8, 4) is 22.0 Å². The maximum Gasteiger partial charge on any atom is 0.159 e. The van der Waals surface area contributed by atoms with Gasteiger partial charge in [0, 0.05) is 28.1 Å². The lowest BCUT2D eigenvalue weighted by atomic mass is 10.0. The van der Waals surface area contributed by atoms with Crippen LogP contribution in [0.5, 0.6) is 0 Å². The normalized spacial score (nSPS) is 12.8. The van der Waals surface area contributed by atoms with Gasteiger partial charge < -0.3 is 9.88 Å². The molecule has 0 bridgehead atoms. The number of halogens is 1. The fraction of sp³-hybridized carbons (Fsp3) is 0.207. The molecule has 8 heteroatoms. The minimum absolute atomic E-state index is 0.682. The van der Waals surface area contributed by atoms with E-state index in [4.69, 9.17) is 16.6 Å². The second kappa shape index (κ2) is 10.8. The molecule has 4 heterocycles. The van der Waals surface area contributed by atoms with Crippen LogP contribution >= 0.6 is 22.9 Å². The number of allylic oxidation sites excluding steroid dienone is 2. The number of thiophene rings is 1. The third-order valence-corrected chi connectivity index (χ3v) is 7.56. The van der Waals surface area contributed by atoms with E-state index in [9.17, 15) is 0 Å². The van der Waals surface area contributed by atoms with E-state index in [0.29, 0.717) is 11.5 Å². The summed E-state index contributed by atoms with van der Waals surface area (Å²) in [6, 6.07) is 12.2. The van der Waals surface area contributed by atoms with Crippen LogP contribution in [-0.2, 0) is 6.42 Å². The average Bonchev–Trinajstić information content (AvgIpc) is 3.60. The molecule has 0 saturated heterocycles. The van der Waals surface area contributed by atoms with Gasteiger partial charge in [-0.15, -0.1) is 11.3 Å². The van der Waals surface area contributed by atoms with Gasteiger partial charge in [-0.05, 0) is 87.4 Å². The fourth-order valence-corrected chi connectivity index (χ4v) is 5.33. The molecule has 0 fully saturated rings. The highest BCUT2D eigenvalue weighted by molar-refractivity contribution is 7.19. The summed E-state index contributed by atoms with van der Waals surface area (Å²) in [5.41, 5.74) is 7.07. The molecule has 0 saturated carbocycles. The standard InChI is InChI=1S/C29H29ClN6S/c1-18(21-15-20(16-31-17-21)7-6-14-36(3)4)10-11-23-19(2)27(35-34-23)29-32-24-9-5-8-22(28(24)33-29)25-12-13-26(30)37-25/h5,8-13,15-17,34H,2,6-7,14H2,1,3-4H3,(H,32,33)/b18-10+,23-11+. The Morgan fingerprint density at radius 3 is 2.84 bits per heavy atom. The molecule has 0 spiro atoms. The van der Waals surface area contributed by atoms with Crippen molar-refractivity contribution in [2.45, 2.75) is 19.8 Å². The van der Waals surface area contributed by atoms with E-state index < -0.39 is 0 Å². The van der Waals surface area contributed by atoms with Crippen molar-refractivity contribution in [1.82, 2.24) is 30.0 Å². The zero-order valence-electron chi connectivity index (χ0n) is 21.2. The van der Waals surface area contributed by atoms with E-state index >= 15 is 0 Å². The SMILES string of the molecule is C=c1c(-c2nc3c(-c4ccc(Cl)s4)cccc3[nH]2)n[nH]/c1=C/C=C(\C)c1cncc(CCCN(C)C)c1. The summed E-state index contributed by atoms with van der Waals surface area (Å²) in [4.78, 5) is 16.0. The molecule has 5 aromatic rings. The molecule has 1 aromatic carbocycles. The van der Waals surface area contributed by atoms with Gasteiger partial charge >= 0.3 is 0 Å². The highest BCUT2D eigenvalue weighted by Gasteiger charge is 2.14. The van der Waals surface area contributed by atoms with Crippen molar-refractivity contribution in [2.24, 2.45) is 0 Å². The maximum absolute atomic E-state index is 6.17. The first-order chi connectivity index (χ1) is 17.9. The summed E-state index contributed by atoms with van der Waals surface area (Å²) in [6.07, 6.45) is 10.1. The van der Waals surface area contributed by atoms with Crippen LogP contribution in [0.4, 0.5) is 0 Å². The van der Waals surface area contributed by atoms with Crippen molar-refractivity contribution in [3.05, 3.63) is 80.9 Å². The lowest BCUT2D eigenvalue weighted by molar-refractivity contribution is 0.400. The first-order valence-corrected chi connectivity index (χ1v) is 13.3. The van der Waals surface area contributed by atoms with Gasteiger partial charge in [0.25, 0.3) is 0 Å². The lowest BCUT2D eigenvalue weighted by Crippen LogP contribution is -2.21. The summed E-state index contributed by atoms with van der Waals surface area (Å²) in [6.45, 7) is 7.44. The summed E-state index contributed by atoms with van der Waals surface area (Å²) >= 11 is 7.71. The summed E-state index contributed by atoms with van der Waals surface area (Å²) < 4.78 is 0.755. The number of H-pyrrole nitrogens is 2. The van der Waals surface area contributed by atoms with Crippen LogP contribution in [0.15, 0.2) is 54.9 Å². The molecule has 6 nitrogen and oxygen atoms in total. The van der Waals surface area contributed by atoms with Crippen molar-refractivity contribution in [2.75, 3.05) is 20.6 Å². The smallest absolute Gasteiger partial charge is 0.159 e. The van der Waals surface area contributed by atoms with E-state index in [1.807, 2.05) is 42.7 Å². The zero-order valence-corrected chi connectivity index (χ0v) is 22.7. The highest BCUT2D eigenvalue weighted by atomic mass is 35.5. The predicted molar refractivity (Wildman–Crippen MR) is 156 cm³/mol. The molecule has 0 atom stereocenters. The van der Waals surface area contributed by atoms with Gasteiger partial charge in [0.15, 0.2) is 5.82 Å². The Balaban J connectivity index is 1.41. The van der Waals surface area contributed by atoms with Gasteiger partial charge in [0.2, 0.25) is 0 Å². The van der Waals surface area contributed by atoms with Crippen LogP contribution in [-0.4, -0.2) is 50.7 Å². The molecule has 37 heavy (non-hydrogen) atoms. The number of benzene rings is 1. The number of rotatable bonds is 8. The minimum atomic E-state index is 0.682. The fourth-order valence-electron chi connectivity index (χ4n) is 4.26. The molecule has 0 aliphatic heterocycles. The molecule has 0 radical (unpaired) electrons. The molecule has 188 valence electrons. The largest absolute Gasteiger partial charge is 0.337 e. The lowest BCUT2D eigenvalue weighted by Gasteiger charge is -2.09. The summed E-state index contributed by atoms with van der Waals surface area (Å²) in [5, 5.41) is 9.27. The third-order valence-electron chi connectivity index (χ3n) is 6.30. The Morgan fingerprint density at radius 1 is 1.19 bits per heavy atom. The van der Waals surface area contributed by atoms with Gasteiger partial charge in [-0.25, -0.2) is 4.98 Å². The van der Waals surface area contributed by atoms with Gasteiger partial charge in [-0.3, -0.25) is 10.1 Å². The van der Waals surface area contributed by atoms with E-state index in [2.05, 4.69) is 70.9 Å². The number of nitrogens with zero attached hydrogens (tertiary/aromatic N) is 4. The molecule has 0 unspecified atom stereocenters. The number of aromatic amines is 2. The number of pyridine rings is 1. The van der Waals surface area contributed by atoms with Gasteiger partial charge in [0.1, 0.15) is 5.69 Å². The topological polar surface area (TPSA) is 73.5 Å². The van der Waals surface area contributed by atoms with Crippen molar-refractivity contribution in [1.29, 1.82) is 0 Å². The summed E-state index contributed by atoms with van der Waals surface area (Å²) in [7, 11) is 4.20. The van der Waals surface area contributed by atoms with Crippen LogP contribution in [0.1, 0.15) is 24.5 Å². The summed E-state index contributed by atoms with van der Waals surface area (Å²) in [5.74, 6) is 0.682. The number of aromatic nitrogens is 5. The zero-order chi connectivity index (χ0) is 25.9. The number of imidazole rings is 1. The van der Waals surface area contributed by atoms with Crippen molar-refractivity contribution < 1.29 is 0 Å².